The highest BCUT2D eigenvalue weighted by Crippen LogP contribution is 2.21. The maximum atomic E-state index is 12.2. The van der Waals surface area contributed by atoms with Crippen LogP contribution in [0.1, 0.15) is 20.7 Å². The van der Waals surface area contributed by atoms with Gasteiger partial charge < -0.3 is 15.2 Å². The third-order valence-corrected chi connectivity index (χ3v) is 3.48. The average molecular weight is 365 g/mol. The molecule has 8 heteroatoms. The largest absolute Gasteiger partial charge is 0.496 e. The number of aromatic carboxylic acids is 1. The molecule has 0 unspecified atom stereocenters. The molecule has 0 aliphatic heterocycles. The summed E-state index contributed by atoms with van der Waals surface area (Å²) in [6.45, 7) is 0. The Morgan fingerprint density at radius 1 is 1.17 bits per heavy atom. The quantitative estimate of drug-likeness (QED) is 0.722. The fraction of sp³-hybridized carbons (Fsp3) is 0.0625. The molecular weight excluding hydrogens is 352 g/mol. The molecule has 0 fully saturated rings. The Labute approximate surface area is 148 Å². The standard InChI is InChI=1S/C16H13ClN2O4S/c1-23-13-5-3-2-4-10(13)14(20)19-16(24)18-12-7-6-9(17)8-11(12)15(21)22/h2-8H,1H3,(H,21,22)(H2,18,19,20,24). The highest BCUT2D eigenvalue weighted by Gasteiger charge is 2.15. The predicted octanol–water partition coefficient (Wildman–Crippen LogP) is 3.17. The number of carboxylic acids is 1. The second-order valence-corrected chi connectivity index (χ2v) is 5.45. The van der Waals surface area contributed by atoms with E-state index in [1.807, 2.05) is 0 Å². The highest BCUT2D eigenvalue weighted by atomic mass is 35.5. The summed E-state index contributed by atoms with van der Waals surface area (Å²) in [4.78, 5) is 23.5. The van der Waals surface area contributed by atoms with Crippen molar-refractivity contribution in [1.82, 2.24) is 5.32 Å². The third kappa shape index (κ3) is 4.21. The number of carboxylic acid groups (broad SMARTS) is 1. The lowest BCUT2D eigenvalue weighted by molar-refractivity contribution is 0.0697. The van der Waals surface area contributed by atoms with Crippen molar-refractivity contribution in [3.63, 3.8) is 0 Å². The van der Waals surface area contributed by atoms with Crippen LogP contribution in [0.15, 0.2) is 42.5 Å². The Morgan fingerprint density at radius 2 is 1.88 bits per heavy atom. The molecule has 124 valence electrons. The molecule has 3 N–H and O–H groups in total. The van der Waals surface area contributed by atoms with E-state index in [0.29, 0.717) is 11.3 Å². The van der Waals surface area contributed by atoms with Gasteiger partial charge in [-0.15, -0.1) is 0 Å². The zero-order valence-electron chi connectivity index (χ0n) is 12.5. The Morgan fingerprint density at radius 3 is 2.54 bits per heavy atom. The van der Waals surface area contributed by atoms with Gasteiger partial charge in [0.1, 0.15) is 5.75 Å². The van der Waals surface area contributed by atoms with Crippen LogP contribution < -0.4 is 15.4 Å². The molecule has 2 aromatic rings. The van der Waals surface area contributed by atoms with E-state index >= 15 is 0 Å². The maximum Gasteiger partial charge on any atom is 0.337 e. The normalized spacial score (nSPS) is 9.92. The first-order chi connectivity index (χ1) is 11.4. The van der Waals surface area contributed by atoms with E-state index in [0.717, 1.165) is 0 Å². The van der Waals surface area contributed by atoms with Crippen LogP contribution in [-0.4, -0.2) is 29.2 Å². The number of rotatable bonds is 4. The fourth-order valence-corrected chi connectivity index (χ4v) is 2.33. The van der Waals surface area contributed by atoms with Crippen LogP contribution in [0.5, 0.6) is 5.75 Å². The van der Waals surface area contributed by atoms with Gasteiger partial charge in [0.2, 0.25) is 0 Å². The number of anilines is 1. The SMILES string of the molecule is COc1ccccc1C(=O)NC(=S)Nc1ccc(Cl)cc1C(=O)O. The molecule has 0 saturated carbocycles. The number of methoxy groups -OCH3 is 1. The third-order valence-electron chi connectivity index (χ3n) is 3.04. The molecule has 0 radical (unpaired) electrons. The average Bonchev–Trinajstić information content (AvgIpc) is 2.56. The number of halogens is 1. The van der Waals surface area contributed by atoms with Gasteiger partial charge in [-0.1, -0.05) is 23.7 Å². The van der Waals surface area contributed by atoms with Crippen LogP contribution in [0.4, 0.5) is 5.69 Å². The summed E-state index contributed by atoms with van der Waals surface area (Å²) >= 11 is 10.8. The molecule has 6 nitrogen and oxygen atoms in total. The van der Waals surface area contributed by atoms with Gasteiger partial charge in [0.15, 0.2) is 5.11 Å². The van der Waals surface area contributed by atoms with Gasteiger partial charge in [-0.25, -0.2) is 4.79 Å². The van der Waals surface area contributed by atoms with Crippen molar-refractivity contribution in [3.05, 3.63) is 58.6 Å². The van der Waals surface area contributed by atoms with Crippen molar-refractivity contribution < 1.29 is 19.4 Å². The van der Waals surface area contributed by atoms with Crippen molar-refractivity contribution in [2.24, 2.45) is 0 Å². The first-order valence-electron chi connectivity index (χ1n) is 6.70. The Kier molecular flexibility index (Phi) is 5.73. The van der Waals surface area contributed by atoms with E-state index in [9.17, 15) is 14.7 Å². The van der Waals surface area contributed by atoms with E-state index in [-0.39, 0.29) is 21.4 Å². The lowest BCUT2D eigenvalue weighted by atomic mass is 10.2. The maximum absolute atomic E-state index is 12.2. The van der Waals surface area contributed by atoms with E-state index in [1.165, 1.54) is 25.3 Å². The van der Waals surface area contributed by atoms with Crippen LogP contribution in [0.3, 0.4) is 0 Å². The minimum absolute atomic E-state index is 0.0456. The number of para-hydroxylation sites is 1. The van der Waals surface area contributed by atoms with Gasteiger partial charge in [0, 0.05) is 5.02 Å². The number of ether oxygens (including phenoxy) is 1. The smallest absolute Gasteiger partial charge is 0.337 e. The number of hydrogen-bond acceptors (Lipinski definition) is 4. The number of hydrogen-bond donors (Lipinski definition) is 3. The van der Waals surface area contributed by atoms with Crippen molar-refractivity contribution in [2.75, 3.05) is 12.4 Å². The van der Waals surface area contributed by atoms with Crippen molar-refractivity contribution in [3.8, 4) is 5.75 Å². The van der Waals surface area contributed by atoms with Crippen LogP contribution in [-0.2, 0) is 0 Å². The molecular formula is C16H13ClN2O4S. The molecule has 0 saturated heterocycles. The number of amides is 1. The summed E-state index contributed by atoms with van der Waals surface area (Å²) in [5, 5.41) is 14.6. The molecule has 1 amide bonds. The zero-order chi connectivity index (χ0) is 17.7. The minimum atomic E-state index is -1.17. The van der Waals surface area contributed by atoms with E-state index in [4.69, 9.17) is 28.6 Å². The lowest BCUT2D eigenvalue weighted by Crippen LogP contribution is -2.34. The minimum Gasteiger partial charge on any atom is -0.496 e. The molecule has 0 aliphatic carbocycles. The van der Waals surface area contributed by atoms with E-state index < -0.39 is 11.9 Å². The Hall–Kier alpha value is -2.64. The summed E-state index contributed by atoms with van der Waals surface area (Å²) in [6, 6.07) is 10.9. The zero-order valence-corrected chi connectivity index (χ0v) is 14.1. The van der Waals surface area contributed by atoms with Crippen LogP contribution >= 0.6 is 23.8 Å². The number of carbonyl (C=O) groups is 2. The summed E-state index contributed by atoms with van der Waals surface area (Å²) in [5.41, 5.74) is 0.465. The van der Waals surface area contributed by atoms with Crippen LogP contribution in [0, 0.1) is 0 Å². The molecule has 0 spiro atoms. The lowest BCUT2D eigenvalue weighted by Gasteiger charge is -2.13. The van der Waals surface area contributed by atoms with Gasteiger partial charge in [0.05, 0.1) is 23.9 Å². The molecule has 2 rings (SSSR count). The Balaban J connectivity index is 2.14. The van der Waals surface area contributed by atoms with Gasteiger partial charge in [-0.2, -0.15) is 0 Å². The summed E-state index contributed by atoms with van der Waals surface area (Å²) in [6.07, 6.45) is 0. The molecule has 24 heavy (non-hydrogen) atoms. The summed E-state index contributed by atoms with van der Waals surface area (Å²) in [5.74, 6) is -1.25. The number of benzene rings is 2. The van der Waals surface area contributed by atoms with Crippen molar-refractivity contribution >= 4 is 46.5 Å². The van der Waals surface area contributed by atoms with Crippen LogP contribution in [0.25, 0.3) is 0 Å². The van der Waals surface area contributed by atoms with Crippen LogP contribution in [0.2, 0.25) is 5.02 Å². The first-order valence-corrected chi connectivity index (χ1v) is 7.49. The molecule has 0 atom stereocenters. The molecule has 0 aliphatic rings. The van der Waals surface area contributed by atoms with Crippen molar-refractivity contribution in [2.45, 2.75) is 0 Å². The second-order valence-electron chi connectivity index (χ2n) is 4.60. The van der Waals surface area contributed by atoms with E-state index in [2.05, 4.69) is 10.6 Å². The van der Waals surface area contributed by atoms with E-state index in [1.54, 1.807) is 24.3 Å². The highest BCUT2D eigenvalue weighted by molar-refractivity contribution is 7.80. The van der Waals surface area contributed by atoms with Gasteiger partial charge in [-0.05, 0) is 42.5 Å². The molecule has 2 aromatic carbocycles. The summed E-state index contributed by atoms with van der Waals surface area (Å²) in [7, 11) is 1.45. The molecule has 0 aromatic heterocycles. The molecule has 0 bridgehead atoms. The first kappa shape index (κ1) is 17.7. The summed E-state index contributed by atoms with van der Waals surface area (Å²) < 4.78 is 5.11. The predicted molar refractivity (Wildman–Crippen MR) is 95.1 cm³/mol. The molecule has 0 heterocycles. The number of thiocarbonyl (C=S) groups is 1. The topological polar surface area (TPSA) is 87.7 Å². The second kappa shape index (κ2) is 7.76. The van der Waals surface area contributed by atoms with Gasteiger partial charge >= 0.3 is 5.97 Å². The van der Waals surface area contributed by atoms with Gasteiger partial charge in [-0.3, -0.25) is 10.1 Å². The number of carbonyl (C=O) groups excluding carboxylic acids is 1. The van der Waals surface area contributed by atoms with Gasteiger partial charge in [0.25, 0.3) is 5.91 Å². The fourth-order valence-electron chi connectivity index (χ4n) is 1.96. The number of nitrogens with one attached hydrogen (secondary N) is 2. The monoisotopic (exact) mass is 364 g/mol. The Bertz CT molecular complexity index is 810. The van der Waals surface area contributed by atoms with Crippen molar-refractivity contribution in [1.29, 1.82) is 0 Å².